The summed E-state index contributed by atoms with van der Waals surface area (Å²) in [7, 11) is 0. The van der Waals surface area contributed by atoms with Gasteiger partial charge in [0, 0.05) is 28.3 Å². The van der Waals surface area contributed by atoms with Crippen LogP contribution in [-0.4, -0.2) is 14.9 Å². The van der Waals surface area contributed by atoms with Gasteiger partial charge in [0.2, 0.25) is 0 Å². The molecule has 4 aromatic rings. The number of nitrogens with zero attached hydrogens (tertiary/aromatic N) is 3. The zero-order chi connectivity index (χ0) is 19.8. The van der Waals surface area contributed by atoms with E-state index in [-0.39, 0.29) is 11.5 Å². The average Bonchev–Trinajstić information content (AvgIpc) is 2.98. The van der Waals surface area contributed by atoms with Gasteiger partial charge in [-0.05, 0) is 37.6 Å². The molecule has 0 bridgehead atoms. The standard InChI is InChI=1S/C20H15FN4O2S/c1-11-17(13-6-8-14(21)9-7-13)18-19(22-12(2)23-20(18)28-11)24-15-4-3-5-16(10-15)25(26)27/h3-10H,1-2H3,(H,22,23,24). The highest BCUT2D eigenvalue weighted by molar-refractivity contribution is 7.19. The lowest BCUT2D eigenvalue weighted by molar-refractivity contribution is -0.384. The molecule has 0 radical (unpaired) electrons. The highest BCUT2D eigenvalue weighted by Crippen LogP contribution is 2.41. The van der Waals surface area contributed by atoms with Crippen LogP contribution >= 0.6 is 11.3 Å². The van der Waals surface area contributed by atoms with Crippen LogP contribution in [0.15, 0.2) is 48.5 Å². The van der Waals surface area contributed by atoms with Crippen LogP contribution in [0, 0.1) is 29.8 Å². The topological polar surface area (TPSA) is 81.0 Å². The molecule has 2 aromatic carbocycles. The summed E-state index contributed by atoms with van der Waals surface area (Å²) in [5.74, 6) is 0.849. The van der Waals surface area contributed by atoms with Gasteiger partial charge < -0.3 is 5.32 Å². The van der Waals surface area contributed by atoms with Gasteiger partial charge in [-0.3, -0.25) is 10.1 Å². The van der Waals surface area contributed by atoms with Gasteiger partial charge >= 0.3 is 0 Å². The maximum atomic E-state index is 13.4. The molecule has 28 heavy (non-hydrogen) atoms. The monoisotopic (exact) mass is 394 g/mol. The molecule has 0 fully saturated rings. The predicted molar refractivity (Wildman–Crippen MR) is 109 cm³/mol. The number of anilines is 2. The molecule has 1 N–H and O–H groups in total. The first-order valence-corrected chi connectivity index (χ1v) is 9.29. The molecule has 0 aliphatic rings. The highest BCUT2D eigenvalue weighted by atomic mass is 32.1. The lowest BCUT2D eigenvalue weighted by atomic mass is 10.0. The molecular weight excluding hydrogens is 379 g/mol. The smallest absolute Gasteiger partial charge is 0.271 e. The summed E-state index contributed by atoms with van der Waals surface area (Å²) in [4.78, 5) is 21.5. The third kappa shape index (κ3) is 3.29. The number of fused-ring (bicyclic) bond motifs is 1. The predicted octanol–water partition coefficient (Wildman–Crippen LogP) is 5.77. The van der Waals surface area contributed by atoms with Crippen LogP contribution in [0.1, 0.15) is 10.7 Å². The van der Waals surface area contributed by atoms with Crippen molar-refractivity contribution in [3.05, 3.63) is 75.2 Å². The minimum absolute atomic E-state index is 0.00715. The van der Waals surface area contributed by atoms with Crippen molar-refractivity contribution in [2.24, 2.45) is 0 Å². The second-order valence-electron chi connectivity index (χ2n) is 6.27. The van der Waals surface area contributed by atoms with Crippen molar-refractivity contribution in [2.45, 2.75) is 13.8 Å². The molecule has 4 rings (SSSR count). The number of hydrogen-bond donors (Lipinski definition) is 1. The van der Waals surface area contributed by atoms with Gasteiger partial charge in [-0.1, -0.05) is 18.2 Å². The van der Waals surface area contributed by atoms with Gasteiger partial charge in [0.15, 0.2) is 0 Å². The molecule has 0 atom stereocenters. The summed E-state index contributed by atoms with van der Waals surface area (Å²) in [5, 5.41) is 15.1. The van der Waals surface area contributed by atoms with E-state index in [0.717, 1.165) is 26.2 Å². The normalized spacial score (nSPS) is 11.0. The summed E-state index contributed by atoms with van der Waals surface area (Å²) in [6.07, 6.45) is 0. The van der Waals surface area contributed by atoms with Crippen LogP contribution in [0.4, 0.5) is 21.6 Å². The highest BCUT2D eigenvalue weighted by Gasteiger charge is 2.18. The Bertz CT molecular complexity index is 1210. The van der Waals surface area contributed by atoms with Crippen LogP contribution in [0.25, 0.3) is 21.3 Å². The number of halogens is 1. The third-order valence-corrected chi connectivity index (χ3v) is 5.29. The Kier molecular flexibility index (Phi) is 4.48. The fourth-order valence-corrected chi connectivity index (χ4v) is 4.20. The minimum atomic E-state index is -0.440. The van der Waals surface area contributed by atoms with E-state index in [2.05, 4.69) is 15.3 Å². The second-order valence-corrected chi connectivity index (χ2v) is 7.48. The Labute approximate surface area is 163 Å². The number of benzene rings is 2. The molecular formula is C20H15FN4O2S. The quantitative estimate of drug-likeness (QED) is 0.351. The summed E-state index contributed by atoms with van der Waals surface area (Å²) >= 11 is 1.53. The molecule has 0 unspecified atom stereocenters. The van der Waals surface area contributed by atoms with E-state index in [9.17, 15) is 14.5 Å². The lowest BCUT2D eigenvalue weighted by Gasteiger charge is -2.10. The zero-order valence-electron chi connectivity index (χ0n) is 15.1. The zero-order valence-corrected chi connectivity index (χ0v) is 15.9. The molecule has 0 saturated heterocycles. The average molecular weight is 394 g/mol. The largest absolute Gasteiger partial charge is 0.339 e. The molecule has 6 nitrogen and oxygen atoms in total. The fourth-order valence-electron chi connectivity index (χ4n) is 3.11. The van der Waals surface area contributed by atoms with E-state index >= 15 is 0 Å². The van der Waals surface area contributed by atoms with Crippen molar-refractivity contribution in [3.8, 4) is 11.1 Å². The molecule has 0 amide bonds. The number of nitro benzene ring substituents is 1. The van der Waals surface area contributed by atoms with Gasteiger partial charge in [0.05, 0.1) is 10.3 Å². The summed E-state index contributed by atoms with van der Waals surface area (Å²) in [6.45, 7) is 3.78. The van der Waals surface area contributed by atoms with Gasteiger partial charge in [-0.25, -0.2) is 14.4 Å². The van der Waals surface area contributed by atoms with Crippen LogP contribution in [0.5, 0.6) is 0 Å². The molecule has 2 aromatic heterocycles. The lowest BCUT2D eigenvalue weighted by Crippen LogP contribution is -1.99. The number of thiophene rings is 1. The Balaban J connectivity index is 1.89. The number of aryl methyl sites for hydroxylation is 2. The van der Waals surface area contributed by atoms with E-state index in [0.29, 0.717) is 17.3 Å². The molecule has 0 aliphatic carbocycles. The number of hydrogen-bond acceptors (Lipinski definition) is 6. The Morgan fingerprint density at radius 3 is 2.57 bits per heavy atom. The molecule has 2 heterocycles. The van der Waals surface area contributed by atoms with Crippen molar-refractivity contribution in [1.29, 1.82) is 0 Å². The Hall–Kier alpha value is -3.39. The Morgan fingerprint density at radius 1 is 1.11 bits per heavy atom. The maximum Gasteiger partial charge on any atom is 0.271 e. The molecule has 0 spiro atoms. The first-order valence-electron chi connectivity index (χ1n) is 8.47. The van der Waals surface area contributed by atoms with E-state index in [4.69, 9.17) is 0 Å². The molecule has 0 aliphatic heterocycles. The SMILES string of the molecule is Cc1nc(Nc2cccc([N+](=O)[O-])c2)c2c(-c3ccc(F)cc3)c(C)sc2n1. The van der Waals surface area contributed by atoms with E-state index in [1.165, 1.54) is 35.6 Å². The number of aromatic nitrogens is 2. The van der Waals surface area contributed by atoms with E-state index < -0.39 is 4.92 Å². The number of nitrogens with one attached hydrogen (secondary N) is 1. The second kappa shape index (κ2) is 6.97. The van der Waals surface area contributed by atoms with Crippen LogP contribution in [-0.2, 0) is 0 Å². The molecule has 140 valence electrons. The summed E-state index contributed by atoms with van der Waals surface area (Å²) < 4.78 is 13.4. The summed E-state index contributed by atoms with van der Waals surface area (Å²) in [6, 6.07) is 12.5. The van der Waals surface area contributed by atoms with Crippen molar-refractivity contribution in [2.75, 3.05) is 5.32 Å². The van der Waals surface area contributed by atoms with Crippen LogP contribution < -0.4 is 5.32 Å². The third-order valence-electron chi connectivity index (χ3n) is 4.29. The number of non-ortho nitro benzene ring substituents is 1. The fraction of sp³-hybridized carbons (Fsp3) is 0.100. The van der Waals surface area contributed by atoms with E-state index in [1.807, 2.05) is 6.92 Å². The van der Waals surface area contributed by atoms with Gasteiger partial charge in [-0.15, -0.1) is 11.3 Å². The Morgan fingerprint density at radius 2 is 1.86 bits per heavy atom. The van der Waals surface area contributed by atoms with Crippen molar-refractivity contribution in [3.63, 3.8) is 0 Å². The summed E-state index contributed by atoms with van der Waals surface area (Å²) in [5.41, 5.74) is 2.34. The molecule has 0 saturated carbocycles. The van der Waals surface area contributed by atoms with Gasteiger partial charge in [0.1, 0.15) is 22.3 Å². The number of rotatable bonds is 4. The van der Waals surface area contributed by atoms with Gasteiger partial charge in [0.25, 0.3) is 5.69 Å². The van der Waals surface area contributed by atoms with Gasteiger partial charge in [-0.2, -0.15) is 0 Å². The first-order chi connectivity index (χ1) is 13.4. The minimum Gasteiger partial charge on any atom is -0.339 e. The molecule has 8 heteroatoms. The van der Waals surface area contributed by atoms with Crippen molar-refractivity contribution >= 4 is 38.7 Å². The first kappa shape index (κ1) is 18.0. The van der Waals surface area contributed by atoms with Crippen LogP contribution in [0.3, 0.4) is 0 Å². The number of nitro groups is 1. The van der Waals surface area contributed by atoms with Crippen LogP contribution in [0.2, 0.25) is 0 Å². The maximum absolute atomic E-state index is 13.4. The van der Waals surface area contributed by atoms with Crippen molar-refractivity contribution in [1.82, 2.24) is 9.97 Å². The van der Waals surface area contributed by atoms with Crippen molar-refractivity contribution < 1.29 is 9.31 Å². The van der Waals surface area contributed by atoms with E-state index in [1.54, 1.807) is 31.2 Å².